The number of hydrogen-bond donors (Lipinski definition) is 7. The number of hydrazine groups is 1. The Bertz CT molecular complexity index is 904. The van der Waals surface area contributed by atoms with Crippen molar-refractivity contribution in [1.82, 2.24) is 10.3 Å². The van der Waals surface area contributed by atoms with E-state index in [1.54, 1.807) is 40.6 Å². The number of benzene rings is 2. The van der Waals surface area contributed by atoms with Gasteiger partial charge in [-0.1, -0.05) is 30.3 Å². The molecule has 0 aliphatic carbocycles. The van der Waals surface area contributed by atoms with Gasteiger partial charge in [-0.3, -0.25) is 10.2 Å². The van der Waals surface area contributed by atoms with E-state index in [-0.39, 0.29) is 4.90 Å². The van der Waals surface area contributed by atoms with Crippen LogP contribution in [-0.2, 0) is 14.8 Å². The lowest BCUT2D eigenvalue weighted by Crippen LogP contribution is -2.54. The summed E-state index contributed by atoms with van der Waals surface area (Å²) in [6.07, 6.45) is -8.23. The second kappa shape index (κ2) is 8.71. The standard InChI is InChI=1S/C16H20N2O8S/c19-8-12(20)13(21)14(22)15(23)16(24)17-18-27(25,26)11-6-5-9-3-1-2-4-10(9)7-11/h1-7,12-15,18-23H,8H2,(H,17,24)/t12-,13-,14-,15-/m0/s1. The molecule has 7 N–H and O–H groups in total. The predicted molar refractivity (Wildman–Crippen MR) is 93.5 cm³/mol. The third-order valence-corrected chi connectivity index (χ3v) is 5.11. The largest absolute Gasteiger partial charge is 0.394 e. The number of aliphatic hydroxyl groups excluding tert-OH is 5. The Morgan fingerprint density at radius 1 is 0.963 bits per heavy atom. The fraction of sp³-hybridized carbons (Fsp3) is 0.312. The highest BCUT2D eigenvalue weighted by molar-refractivity contribution is 7.89. The van der Waals surface area contributed by atoms with Crippen LogP contribution in [0.15, 0.2) is 47.4 Å². The summed E-state index contributed by atoms with van der Waals surface area (Å²) in [5, 5.41) is 48.1. The van der Waals surface area contributed by atoms with Gasteiger partial charge in [0.05, 0.1) is 11.5 Å². The van der Waals surface area contributed by atoms with E-state index in [0.717, 1.165) is 5.39 Å². The van der Waals surface area contributed by atoms with Crippen molar-refractivity contribution < 1.29 is 38.7 Å². The molecule has 2 aromatic carbocycles. The molecule has 148 valence electrons. The van der Waals surface area contributed by atoms with Crippen molar-refractivity contribution >= 4 is 26.7 Å². The summed E-state index contributed by atoms with van der Waals surface area (Å²) < 4.78 is 24.5. The second-order valence-corrected chi connectivity index (χ2v) is 7.46. The van der Waals surface area contributed by atoms with Crippen molar-refractivity contribution in [2.45, 2.75) is 29.3 Å². The molecule has 0 fully saturated rings. The van der Waals surface area contributed by atoms with Gasteiger partial charge in [0, 0.05) is 0 Å². The van der Waals surface area contributed by atoms with Crippen LogP contribution in [0.25, 0.3) is 10.8 Å². The molecular weight excluding hydrogens is 380 g/mol. The zero-order chi connectivity index (χ0) is 20.2. The SMILES string of the molecule is O=C(NNS(=O)(=O)c1ccc2ccccc2c1)[C@@H](O)[C@@H](O)[C@@H](O)[C@@H](O)CO. The van der Waals surface area contributed by atoms with Crippen LogP contribution in [0.3, 0.4) is 0 Å². The minimum absolute atomic E-state index is 0.146. The lowest BCUT2D eigenvalue weighted by atomic mass is 10.0. The topological polar surface area (TPSA) is 176 Å². The van der Waals surface area contributed by atoms with Gasteiger partial charge in [0.1, 0.15) is 18.3 Å². The number of hydrogen-bond acceptors (Lipinski definition) is 8. The van der Waals surface area contributed by atoms with Gasteiger partial charge >= 0.3 is 0 Å². The first-order valence-corrected chi connectivity index (χ1v) is 9.29. The van der Waals surface area contributed by atoms with Crippen LogP contribution in [0.1, 0.15) is 0 Å². The number of aliphatic hydroxyl groups is 5. The monoisotopic (exact) mass is 400 g/mol. The van der Waals surface area contributed by atoms with E-state index in [2.05, 4.69) is 0 Å². The molecule has 1 amide bonds. The first-order valence-electron chi connectivity index (χ1n) is 7.81. The minimum atomic E-state index is -4.17. The van der Waals surface area contributed by atoms with Gasteiger partial charge in [0.25, 0.3) is 15.9 Å². The summed E-state index contributed by atoms with van der Waals surface area (Å²) in [6.45, 7) is -0.916. The lowest BCUT2D eigenvalue weighted by Gasteiger charge is -2.24. The Morgan fingerprint density at radius 3 is 2.22 bits per heavy atom. The molecule has 27 heavy (non-hydrogen) atoms. The smallest absolute Gasteiger partial charge is 0.266 e. The van der Waals surface area contributed by atoms with Crippen LogP contribution < -0.4 is 10.3 Å². The van der Waals surface area contributed by atoms with Crippen LogP contribution >= 0.6 is 0 Å². The number of carbonyl (C=O) groups is 1. The van der Waals surface area contributed by atoms with Crippen molar-refractivity contribution in [3.8, 4) is 0 Å². The van der Waals surface area contributed by atoms with Gasteiger partial charge in [-0.25, -0.2) is 8.42 Å². The summed E-state index contributed by atoms with van der Waals surface area (Å²) in [4.78, 5) is 13.4. The van der Waals surface area contributed by atoms with Crippen molar-refractivity contribution in [2.75, 3.05) is 6.61 Å². The van der Waals surface area contributed by atoms with Gasteiger partial charge < -0.3 is 25.5 Å². The molecule has 0 unspecified atom stereocenters. The summed E-state index contributed by atoms with van der Waals surface area (Å²) in [6, 6.07) is 11.3. The van der Waals surface area contributed by atoms with Crippen LogP contribution in [0.5, 0.6) is 0 Å². The van der Waals surface area contributed by atoms with E-state index in [1.807, 2.05) is 0 Å². The second-order valence-electron chi connectivity index (χ2n) is 5.78. The molecule has 0 radical (unpaired) electrons. The number of sulfonamides is 1. The molecule has 0 spiro atoms. The molecule has 0 bridgehead atoms. The Hall–Kier alpha value is -2.12. The van der Waals surface area contributed by atoms with Gasteiger partial charge in [0.2, 0.25) is 0 Å². The van der Waals surface area contributed by atoms with Gasteiger partial charge in [-0.15, -0.1) is 4.83 Å². The van der Waals surface area contributed by atoms with Crippen LogP contribution in [0.4, 0.5) is 0 Å². The molecule has 10 nitrogen and oxygen atoms in total. The Kier molecular flexibility index (Phi) is 6.84. The van der Waals surface area contributed by atoms with Gasteiger partial charge in [0.15, 0.2) is 6.10 Å². The molecule has 4 atom stereocenters. The number of carbonyl (C=O) groups excluding carboxylic acids is 1. The normalized spacial score (nSPS) is 16.5. The summed E-state index contributed by atoms with van der Waals surface area (Å²) in [5.74, 6) is -1.36. The zero-order valence-electron chi connectivity index (χ0n) is 13.9. The van der Waals surface area contributed by atoms with E-state index >= 15 is 0 Å². The number of fused-ring (bicyclic) bond motifs is 1. The first kappa shape index (κ1) is 21.2. The molecule has 0 aliphatic heterocycles. The maximum atomic E-state index is 12.3. The summed E-state index contributed by atoms with van der Waals surface area (Å²) in [7, 11) is -4.17. The van der Waals surface area contributed by atoms with Crippen LogP contribution in [-0.4, -0.2) is 70.9 Å². The maximum Gasteiger partial charge on any atom is 0.266 e. The van der Waals surface area contributed by atoms with E-state index < -0.39 is 47.0 Å². The van der Waals surface area contributed by atoms with Crippen molar-refractivity contribution in [1.29, 1.82) is 0 Å². The predicted octanol–water partition coefficient (Wildman–Crippen LogP) is -2.41. The van der Waals surface area contributed by atoms with E-state index in [9.17, 15) is 33.6 Å². The molecule has 2 aromatic rings. The zero-order valence-corrected chi connectivity index (χ0v) is 14.7. The number of amides is 1. The van der Waals surface area contributed by atoms with Crippen LogP contribution in [0, 0.1) is 0 Å². The highest BCUT2D eigenvalue weighted by atomic mass is 32.2. The molecule has 0 saturated heterocycles. The summed E-state index contributed by atoms with van der Waals surface area (Å²) in [5.41, 5.74) is 1.72. The molecule has 0 saturated carbocycles. The number of rotatable bonds is 8. The molecule has 11 heteroatoms. The van der Waals surface area contributed by atoms with E-state index in [1.165, 1.54) is 12.1 Å². The number of nitrogens with one attached hydrogen (secondary N) is 2. The average Bonchev–Trinajstić information content (AvgIpc) is 2.69. The Labute approximate surface area is 154 Å². The van der Waals surface area contributed by atoms with E-state index in [0.29, 0.717) is 5.39 Å². The van der Waals surface area contributed by atoms with Crippen molar-refractivity contribution in [3.05, 3.63) is 42.5 Å². The minimum Gasteiger partial charge on any atom is -0.394 e. The third kappa shape index (κ3) is 4.99. The quantitative estimate of drug-likeness (QED) is 0.240. The molecule has 0 aliphatic rings. The van der Waals surface area contributed by atoms with Crippen LogP contribution in [0.2, 0.25) is 0 Å². The van der Waals surface area contributed by atoms with E-state index in [4.69, 9.17) is 5.11 Å². The molecule has 0 aromatic heterocycles. The third-order valence-electron chi connectivity index (χ3n) is 3.86. The Balaban J connectivity index is 2.05. The Morgan fingerprint density at radius 2 is 1.59 bits per heavy atom. The van der Waals surface area contributed by atoms with Gasteiger partial charge in [-0.05, 0) is 22.9 Å². The first-order chi connectivity index (χ1) is 12.7. The van der Waals surface area contributed by atoms with Crippen molar-refractivity contribution in [2.24, 2.45) is 0 Å². The molecule has 0 heterocycles. The summed E-state index contributed by atoms with van der Waals surface area (Å²) >= 11 is 0. The highest BCUT2D eigenvalue weighted by Gasteiger charge is 2.34. The molecule has 2 rings (SSSR count). The lowest BCUT2D eigenvalue weighted by molar-refractivity contribution is -0.149. The van der Waals surface area contributed by atoms with Crippen molar-refractivity contribution in [3.63, 3.8) is 0 Å². The highest BCUT2D eigenvalue weighted by Crippen LogP contribution is 2.18. The molecular formula is C16H20N2O8S. The fourth-order valence-electron chi connectivity index (χ4n) is 2.26. The van der Waals surface area contributed by atoms with Gasteiger partial charge in [-0.2, -0.15) is 0 Å². The fourth-order valence-corrected chi connectivity index (χ4v) is 3.14. The maximum absolute atomic E-state index is 12.3. The average molecular weight is 400 g/mol.